The van der Waals surface area contributed by atoms with Gasteiger partial charge >= 0.3 is 6.09 Å². The predicted molar refractivity (Wildman–Crippen MR) is 131 cm³/mol. The van der Waals surface area contributed by atoms with Crippen LogP contribution >= 0.6 is 0 Å². The second kappa shape index (κ2) is 12.6. The van der Waals surface area contributed by atoms with Crippen LogP contribution in [0, 0.1) is 29.6 Å². The largest absolute Gasteiger partial charge is 0.449 e. The van der Waals surface area contributed by atoms with Crippen LogP contribution in [0.2, 0.25) is 0 Å². The Kier molecular flexibility index (Phi) is 9.99. The van der Waals surface area contributed by atoms with Gasteiger partial charge in [-0.15, -0.1) is 0 Å². The highest BCUT2D eigenvalue weighted by molar-refractivity contribution is 7.86. The highest BCUT2D eigenvalue weighted by atomic mass is 32.2. The Labute approximate surface area is 213 Å². The molecular formula is C24H41N3O8S. The number of ether oxygens (including phenoxy) is 1. The van der Waals surface area contributed by atoms with Crippen molar-refractivity contribution >= 4 is 28.0 Å². The van der Waals surface area contributed by atoms with E-state index >= 15 is 0 Å². The first-order valence-corrected chi connectivity index (χ1v) is 14.6. The number of hydrogen-bond donors (Lipinski definition) is 5. The van der Waals surface area contributed by atoms with E-state index in [0.717, 1.165) is 12.8 Å². The first kappa shape index (κ1) is 28.6. The molecule has 0 spiro atoms. The van der Waals surface area contributed by atoms with Gasteiger partial charge in [-0.05, 0) is 62.2 Å². The smallest absolute Gasteiger partial charge is 0.407 e. The van der Waals surface area contributed by atoms with Crippen molar-refractivity contribution in [3.63, 3.8) is 0 Å². The molecule has 1 saturated heterocycles. The molecule has 0 aromatic rings. The number of carbonyl (C=O) groups excluding carboxylic acids is 3. The van der Waals surface area contributed by atoms with Crippen molar-refractivity contribution in [3.8, 4) is 0 Å². The van der Waals surface area contributed by atoms with Crippen LogP contribution in [-0.4, -0.2) is 66.7 Å². The molecule has 0 aromatic carbocycles. The van der Waals surface area contributed by atoms with Crippen LogP contribution in [0.4, 0.5) is 4.79 Å². The Bertz CT molecular complexity index is 884. The first-order valence-electron chi connectivity index (χ1n) is 13.1. The molecule has 0 radical (unpaired) electrons. The molecule has 11 nitrogen and oxygen atoms in total. The second-order valence-electron chi connectivity index (χ2n) is 11.2. The minimum Gasteiger partial charge on any atom is -0.449 e. The van der Waals surface area contributed by atoms with Crippen molar-refractivity contribution in [2.75, 3.05) is 13.2 Å². The van der Waals surface area contributed by atoms with Gasteiger partial charge in [0.25, 0.3) is 10.1 Å². The number of hydrogen-bond acceptors (Lipinski definition) is 7. The average molecular weight is 532 g/mol. The molecule has 1 aliphatic heterocycles. The number of rotatable bonds is 11. The summed E-state index contributed by atoms with van der Waals surface area (Å²) in [6.07, 6.45) is 6.83. The molecule has 3 rings (SSSR count). The van der Waals surface area contributed by atoms with E-state index < -0.39 is 45.6 Å². The summed E-state index contributed by atoms with van der Waals surface area (Å²) in [5.74, 6) is 0.0445. The van der Waals surface area contributed by atoms with Crippen LogP contribution in [0.1, 0.15) is 71.6 Å². The quantitative estimate of drug-likeness (QED) is 0.250. The third-order valence-corrected chi connectivity index (χ3v) is 8.61. The molecule has 3 aliphatic rings. The molecule has 3 unspecified atom stereocenters. The van der Waals surface area contributed by atoms with E-state index in [4.69, 9.17) is 4.74 Å². The van der Waals surface area contributed by atoms with Crippen molar-refractivity contribution in [2.45, 2.75) is 89.2 Å². The fourth-order valence-electron chi connectivity index (χ4n) is 6.00. The van der Waals surface area contributed by atoms with Crippen LogP contribution in [-0.2, 0) is 24.4 Å². The Morgan fingerprint density at radius 3 is 2.33 bits per heavy atom. The third kappa shape index (κ3) is 8.31. The summed E-state index contributed by atoms with van der Waals surface area (Å²) < 4.78 is 38.1. The SMILES string of the molecule is CC(C)C[C@H](NC(=O)OCC1CC2CCCC(C2)C1)C(=O)N[C@@H](C[C@@H]1CCNC1=O)C(O)S(=O)(=O)O. The van der Waals surface area contributed by atoms with E-state index in [1.807, 2.05) is 13.8 Å². The number of aliphatic hydroxyl groups is 1. The van der Waals surface area contributed by atoms with Gasteiger partial charge in [-0.2, -0.15) is 8.42 Å². The molecular weight excluding hydrogens is 490 g/mol. The molecule has 1 heterocycles. The zero-order valence-corrected chi connectivity index (χ0v) is 22.0. The van der Waals surface area contributed by atoms with E-state index in [2.05, 4.69) is 16.0 Å². The van der Waals surface area contributed by atoms with Gasteiger partial charge in [0.05, 0.1) is 12.6 Å². The van der Waals surface area contributed by atoms with Gasteiger partial charge in [0, 0.05) is 12.5 Å². The van der Waals surface area contributed by atoms with Gasteiger partial charge in [0.2, 0.25) is 17.3 Å². The molecule has 2 saturated carbocycles. The number of fused-ring (bicyclic) bond motifs is 2. The van der Waals surface area contributed by atoms with Crippen molar-refractivity contribution in [1.82, 2.24) is 16.0 Å². The summed E-state index contributed by atoms with van der Waals surface area (Å²) in [4.78, 5) is 37.6. The van der Waals surface area contributed by atoms with E-state index in [9.17, 15) is 32.5 Å². The summed E-state index contributed by atoms with van der Waals surface area (Å²) in [6.45, 7) is 4.41. The zero-order chi connectivity index (χ0) is 26.5. The highest BCUT2D eigenvalue weighted by Crippen LogP contribution is 2.42. The Morgan fingerprint density at radius 1 is 1.11 bits per heavy atom. The number of carbonyl (C=O) groups is 3. The maximum Gasteiger partial charge on any atom is 0.407 e. The topological polar surface area (TPSA) is 171 Å². The normalized spacial score (nSPS) is 28.6. The molecule has 206 valence electrons. The van der Waals surface area contributed by atoms with Gasteiger partial charge in [0.15, 0.2) is 0 Å². The van der Waals surface area contributed by atoms with Gasteiger partial charge in [0.1, 0.15) is 6.04 Å². The first-order chi connectivity index (χ1) is 16.9. The van der Waals surface area contributed by atoms with Crippen LogP contribution in [0.5, 0.6) is 0 Å². The van der Waals surface area contributed by atoms with Crippen LogP contribution < -0.4 is 16.0 Å². The van der Waals surface area contributed by atoms with E-state index in [1.54, 1.807) is 0 Å². The molecule has 3 fully saturated rings. The maximum atomic E-state index is 13.1. The molecule has 12 heteroatoms. The van der Waals surface area contributed by atoms with Crippen LogP contribution in [0.3, 0.4) is 0 Å². The second-order valence-corrected chi connectivity index (χ2v) is 12.7. The molecule has 6 atom stereocenters. The Balaban J connectivity index is 1.59. The number of nitrogens with one attached hydrogen (secondary N) is 3. The summed E-state index contributed by atoms with van der Waals surface area (Å²) in [5, 5.41) is 17.8. The Morgan fingerprint density at radius 2 is 1.78 bits per heavy atom. The number of amides is 3. The number of alkyl carbamates (subject to hydrolysis) is 1. The van der Waals surface area contributed by atoms with Crippen molar-refractivity contribution < 1.29 is 37.2 Å². The Hall–Kier alpha value is -1.92. The molecule has 5 N–H and O–H groups in total. The highest BCUT2D eigenvalue weighted by Gasteiger charge is 2.38. The lowest BCUT2D eigenvalue weighted by Gasteiger charge is -2.38. The standard InChI is InChI=1S/C24H41N3O8S/c1-14(2)8-19(27-24(31)35-13-17-10-15-4-3-5-16(9-15)11-17)22(29)26-20(23(30)36(32,33)34)12-18-6-7-25-21(18)28/h14-20,23,30H,3-13H2,1-2H3,(H,25,28)(H,26,29)(H,27,31)(H,32,33,34)/t15?,16?,17?,18-,19-,20-,23?/m0/s1. The molecule has 3 amide bonds. The van der Waals surface area contributed by atoms with Crippen molar-refractivity contribution in [2.24, 2.45) is 29.6 Å². The zero-order valence-electron chi connectivity index (χ0n) is 21.1. The third-order valence-electron chi connectivity index (χ3n) is 7.67. The van der Waals surface area contributed by atoms with Crippen LogP contribution in [0.25, 0.3) is 0 Å². The van der Waals surface area contributed by atoms with Crippen molar-refractivity contribution in [1.29, 1.82) is 0 Å². The summed E-state index contributed by atoms with van der Waals surface area (Å²) >= 11 is 0. The minimum absolute atomic E-state index is 0.00401. The van der Waals surface area contributed by atoms with Crippen LogP contribution in [0.15, 0.2) is 0 Å². The predicted octanol–water partition coefficient (Wildman–Crippen LogP) is 1.56. The van der Waals surface area contributed by atoms with Gasteiger partial charge in [-0.3, -0.25) is 14.1 Å². The monoisotopic (exact) mass is 531 g/mol. The van der Waals surface area contributed by atoms with E-state index in [1.165, 1.54) is 25.7 Å². The van der Waals surface area contributed by atoms with Crippen molar-refractivity contribution in [3.05, 3.63) is 0 Å². The fraction of sp³-hybridized carbons (Fsp3) is 0.875. The number of aliphatic hydroxyl groups excluding tert-OH is 1. The minimum atomic E-state index is -4.91. The van der Waals surface area contributed by atoms with E-state index in [0.29, 0.717) is 30.7 Å². The van der Waals surface area contributed by atoms with Gasteiger partial charge < -0.3 is 25.8 Å². The average Bonchev–Trinajstić information content (AvgIpc) is 3.19. The molecule has 2 aliphatic carbocycles. The molecule has 2 bridgehead atoms. The van der Waals surface area contributed by atoms with Gasteiger partial charge in [-0.1, -0.05) is 33.1 Å². The van der Waals surface area contributed by atoms with E-state index in [-0.39, 0.29) is 31.3 Å². The lowest BCUT2D eigenvalue weighted by Crippen LogP contribution is -2.55. The lowest BCUT2D eigenvalue weighted by molar-refractivity contribution is -0.126. The molecule has 0 aromatic heterocycles. The fourth-order valence-corrected chi connectivity index (χ4v) is 6.59. The molecule has 36 heavy (non-hydrogen) atoms. The lowest BCUT2D eigenvalue weighted by atomic mass is 9.68. The summed E-state index contributed by atoms with van der Waals surface area (Å²) in [7, 11) is -4.91. The summed E-state index contributed by atoms with van der Waals surface area (Å²) in [6, 6.07) is -2.48. The maximum absolute atomic E-state index is 13.1. The summed E-state index contributed by atoms with van der Waals surface area (Å²) in [5.41, 5.74) is -2.31. The van der Waals surface area contributed by atoms with Gasteiger partial charge in [-0.25, -0.2) is 4.79 Å².